The summed E-state index contributed by atoms with van der Waals surface area (Å²) in [6.45, 7) is 5.86. The average molecular weight is 359 g/mol. The Bertz CT molecular complexity index is 900. The van der Waals surface area contributed by atoms with Gasteiger partial charge < -0.3 is 0 Å². The molecule has 1 aliphatic heterocycles. The zero-order chi connectivity index (χ0) is 17.4. The Morgan fingerprint density at radius 2 is 1.75 bits per heavy atom. The van der Waals surface area contributed by atoms with Gasteiger partial charge in [-0.15, -0.1) is 0 Å². The summed E-state index contributed by atoms with van der Waals surface area (Å²) in [6, 6.07) is 11.0. The van der Waals surface area contributed by atoms with E-state index in [1.165, 1.54) is 10.6 Å². The zero-order valence-corrected chi connectivity index (χ0v) is 15.1. The lowest BCUT2D eigenvalue weighted by molar-refractivity contribution is -0.114. The van der Waals surface area contributed by atoms with E-state index < -0.39 is 0 Å². The van der Waals surface area contributed by atoms with E-state index in [1.54, 1.807) is 24.3 Å². The van der Waals surface area contributed by atoms with Crippen LogP contribution >= 0.6 is 23.2 Å². The summed E-state index contributed by atoms with van der Waals surface area (Å²) in [4.78, 5) is 12.8. The topological polar surface area (TPSA) is 32.7 Å². The van der Waals surface area contributed by atoms with Crippen LogP contribution in [-0.2, 0) is 4.79 Å². The first-order valence-electron chi connectivity index (χ1n) is 7.51. The number of rotatable bonds is 2. The van der Waals surface area contributed by atoms with Crippen LogP contribution in [0.3, 0.4) is 0 Å². The summed E-state index contributed by atoms with van der Waals surface area (Å²) in [5.41, 5.74) is 4.97. The number of anilines is 1. The van der Waals surface area contributed by atoms with E-state index in [0.717, 1.165) is 16.8 Å². The highest BCUT2D eigenvalue weighted by Crippen LogP contribution is 2.29. The molecular weight excluding hydrogens is 343 g/mol. The van der Waals surface area contributed by atoms with Gasteiger partial charge in [-0.25, -0.2) is 0 Å². The smallest absolute Gasteiger partial charge is 0.267 e. The fraction of sp³-hybridized carbons (Fsp3) is 0.158. The van der Waals surface area contributed by atoms with Crippen molar-refractivity contribution < 1.29 is 4.79 Å². The van der Waals surface area contributed by atoms with E-state index in [-0.39, 0.29) is 5.91 Å². The molecule has 0 atom stereocenters. The van der Waals surface area contributed by atoms with Gasteiger partial charge in [0.25, 0.3) is 5.91 Å². The number of benzene rings is 2. The second-order valence-corrected chi connectivity index (χ2v) is 6.64. The van der Waals surface area contributed by atoms with E-state index in [0.29, 0.717) is 21.3 Å². The molecule has 0 radical (unpaired) electrons. The Morgan fingerprint density at radius 3 is 2.42 bits per heavy atom. The Hall–Kier alpha value is -2.10. The maximum Gasteiger partial charge on any atom is 0.280 e. The molecule has 3 rings (SSSR count). The summed E-state index contributed by atoms with van der Waals surface area (Å²) in [7, 11) is 0. The summed E-state index contributed by atoms with van der Waals surface area (Å²) in [5.74, 6) is -0.165. The van der Waals surface area contributed by atoms with Crippen LogP contribution in [0.5, 0.6) is 0 Å². The van der Waals surface area contributed by atoms with E-state index >= 15 is 0 Å². The number of carbonyl (C=O) groups is 1. The van der Waals surface area contributed by atoms with Crippen molar-refractivity contribution in [2.24, 2.45) is 5.10 Å². The number of hydrogen-bond acceptors (Lipinski definition) is 2. The fourth-order valence-electron chi connectivity index (χ4n) is 2.49. The molecule has 122 valence electrons. The van der Waals surface area contributed by atoms with E-state index in [4.69, 9.17) is 23.2 Å². The quantitative estimate of drug-likeness (QED) is 0.660. The minimum absolute atomic E-state index is 0.165. The Labute approximate surface area is 151 Å². The Kier molecular flexibility index (Phi) is 4.48. The van der Waals surface area contributed by atoms with Crippen LogP contribution in [0.15, 0.2) is 47.1 Å². The van der Waals surface area contributed by atoms with Crippen LogP contribution < -0.4 is 5.01 Å². The second kappa shape index (κ2) is 6.42. The first-order chi connectivity index (χ1) is 11.4. The molecule has 0 unspecified atom stereocenters. The van der Waals surface area contributed by atoms with Crippen LogP contribution in [0, 0.1) is 13.8 Å². The van der Waals surface area contributed by atoms with Crippen molar-refractivity contribution in [3.8, 4) is 0 Å². The molecule has 0 bridgehead atoms. The van der Waals surface area contributed by atoms with Gasteiger partial charge in [0.1, 0.15) is 0 Å². The number of nitrogens with zero attached hydrogens (tertiary/aromatic N) is 2. The van der Waals surface area contributed by atoms with Gasteiger partial charge >= 0.3 is 0 Å². The molecule has 0 saturated carbocycles. The van der Waals surface area contributed by atoms with Crippen LogP contribution in [0.2, 0.25) is 10.0 Å². The fourth-order valence-corrected chi connectivity index (χ4v) is 2.95. The number of hydrogen-bond donors (Lipinski definition) is 0. The third kappa shape index (κ3) is 3.10. The molecular formula is C19H16Cl2N2O. The molecule has 2 aromatic carbocycles. The molecule has 0 fully saturated rings. The van der Waals surface area contributed by atoms with Crippen molar-refractivity contribution >= 4 is 46.6 Å². The van der Waals surface area contributed by atoms with Crippen molar-refractivity contribution in [3.05, 3.63) is 68.7 Å². The first-order valence-corrected chi connectivity index (χ1v) is 8.26. The Balaban J connectivity index is 1.98. The lowest BCUT2D eigenvalue weighted by atomic mass is 10.1. The average Bonchev–Trinajstić information content (AvgIpc) is 2.80. The minimum Gasteiger partial charge on any atom is -0.267 e. The number of carbonyl (C=O) groups excluding carboxylic acids is 1. The molecule has 1 aliphatic rings. The van der Waals surface area contributed by atoms with Crippen LogP contribution in [0.4, 0.5) is 5.69 Å². The van der Waals surface area contributed by atoms with Gasteiger partial charge in [0, 0.05) is 10.0 Å². The molecule has 0 spiro atoms. The van der Waals surface area contributed by atoms with Crippen LogP contribution in [-0.4, -0.2) is 11.6 Å². The molecule has 0 aliphatic carbocycles. The highest BCUT2D eigenvalue weighted by molar-refractivity contribution is 6.36. The SMILES string of the molecule is CC1=NN(c2ccc(C)c(C)c2)C(=O)/C1=C/c1ccc(Cl)cc1Cl. The molecule has 24 heavy (non-hydrogen) atoms. The molecule has 5 heteroatoms. The predicted octanol–water partition coefficient (Wildman–Crippen LogP) is 5.42. The normalized spacial score (nSPS) is 16.0. The lowest BCUT2D eigenvalue weighted by Crippen LogP contribution is -2.21. The van der Waals surface area contributed by atoms with Gasteiger partial charge in [0.15, 0.2) is 0 Å². The summed E-state index contributed by atoms with van der Waals surface area (Å²) in [5, 5.41) is 6.88. The predicted molar refractivity (Wildman–Crippen MR) is 101 cm³/mol. The zero-order valence-electron chi connectivity index (χ0n) is 13.6. The van der Waals surface area contributed by atoms with Gasteiger partial charge in [-0.1, -0.05) is 35.3 Å². The van der Waals surface area contributed by atoms with Crippen LogP contribution in [0.25, 0.3) is 6.08 Å². The summed E-state index contributed by atoms with van der Waals surface area (Å²) >= 11 is 12.1. The van der Waals surface area contributed by atoms with Crippen LogP contribution in [0.1, 0.15) is 23.6 Å². The molecule has 0 N–H and O–H groups in total. The van der Waals surface area contributed by atoms with Gasteiger partial charge in [0.05, 0.1) is 17.0 Å². The van der Waals surface area contributed by atoms with E-state index in [1.807, 2.05) is 39.0 Å². The van der Waals surface area contributed by atoms with Crippen molar-refractivity contribution in [1.29, 1.82) is 0 Å². The van der Waals surface area contributed by atoms with Crippen molar-refractivity contribution in [2.75, 3.05) is 5.01 Å². The maximum absolute atomic E-state index is 12.8. The largest absolute Gasteiger partial charge is 0.280 e. The summed E-state index contributed by atoms with van der Waals surface area (Å²) < 4.78 is 0. The second-order valence-electron chi connectivity index (χ2n) is 5.79. The maximum atomic E-state index is 12.8. The van der Waals surface area contributed by atoms with Crippen molar-refractivity contribution in [2.45, 2.75) is 20.8 Å². The van der Waals surface area contributed by atoms with Gasteiger partial charge in [0.2, 0.25) is 0 Å². The number of amides is 1. The Morgan fingerprint density at radius 1 is 1.00 bits per heavy atom. The van der Waals surface area contributed by atoms with Gasteiger partial charge in [-0.05, 0) is 67.8 Å². The van der Waals surface area contributed by atoms with E-state index in [9.17, 15) is 4.79 Å². The molecule has 0 aromatic heterocycles. The first kappa shape index (κ1) is 16.7. The molecule has 1 amide bonds. The third-order valence-corrected chi connectivity index (χ3v) is 4.62. The third-order valence-electron chi connectivity index (χ3n) is 4.06. The molecule has 1 heterocycles. The standard InChI is InChI=1S/C19H16Cl2N2O/c1-11-4-7-16(8-12(11)2)23-19(24)17(13(3)22-23)9-14-5-6-15(20)10-18(14)21/h4-10H,1-3H3/b17-9+. The van der Waals surface area contributed by atoms with Gasteiger partial charge in [-0.3, -0.25) is 4.79 Å². The van der Waals surface area contributed by atoms with E-state index in [2.05, 4.69) is 5.10 Å². The number of halogens is 2. The number of aryl methyl sites for hydroxylation is 2. The highest BCUT2D eigenvalue weighted by atomic mass is 35.5. The summed E-state index contributed by atoms with van der Waals surface area (Å²) in [6.07, 6.45) is 1.75. The lowest BCUT2D eigenvalue weighted by Gasteiger charge is -2.13. The molecule has 0 saturated heterocycles. The minimum atomic E-state index is -0.165. The monoisotopic (exact) mass is 358 g/mol. The highest BCUT2D eigenvalue weighted by Gasteiger charge is 2.29. The van der Waals surface area contributed by atoms with Crippen molar-refractivity contribution in [3.63, 3.8) is 0 Å². The van der Waals surface area contributed by atoms with Crippen molar-refractivity contribution in [1.82, 2.24) is 0 Å². The number of hydrazone groups is 1. The molecule has 2 aromatic rings. The van der Waals surface area contributed by atoms with Gasteiger partial charge in [-0.2, -0.15) is 10.1 Å². The molecule has 3 nitrogen and oxygen atoms in total.